The van der Waals surface area contributed by atoms with Crippen LogP contribution in [0.3, 0.4) is 0 Å². The van der Waals surface area contributed by atoms with Crippen molar-refractivity contribution in [3.63, 3.8) is 0 Å². The van der Waals surface area contributed by atoms with Crippen LogP contribution >= 0.6 is 0 Å². The molecule has 1 saturated carbocycles. The Balaban J connectivity index is 2.31. The lowest BCUT2D eigenvalue weighted by molar-refractivity contribution is -0.149. The van der Waals surface area contributed by atoms with Gasteiger partial charge in [-0.1, -0.05) is 27.7 Å². The van der Waals surface area contributed by atoms with Crippen molar-refractivity contribution >= 4 is 5.97 Å². The van der Waals surface area contributed by atoms with E-state index in [-0.39, 0.29) is 11.9 Å². The molecule has 2 nitrogen and oxygen atoms in total. The first-order chi connectivity index (χ1) is 5.98. The zero-order valence-corrected chi connectivity index (χ0v) is 9.09. The van der Waals surface area contributed by atoms with Gasteiger partial charge >= 0.3 is 5.97 Å². The zero-order valence-electron chi connectivity index (χ0n) is 9.09. The number of rotatable bonds is 4. The monoisotopic (exact) mass is 184 g/mol. The molecular weight excluding hydrogens is 164 g/mol. The Morgan fingerprint density at radius 3 is 2.15 bits per heavy atom. The summed E-state index contributed by atoms with van der Waals surface area (Å²) in [5.74, 6) is 0.572. The van der Waals surface area contributed by atoms with Gasteiger partial charge in [0, 0.05) is 5.41 Å². The van der Waals surface area contributed by atoms with Gasteiger partial charge in [0.05, 0.1) is 12.5 Å². The topological polar surface area (TPSA) is 26.3 Å². The highest BCUT2D eigenvalue weighted by atomic mass is 16.5. The molecule has 0 aromatic carbocycles. The predicted molar refractivity (Wildman–Crippen MR) is 52.3 cm³/mol. The van der Waals surface area contributed by atoms with Crippen LogP contribution in [0.1, 0.15) is 40.5 Å². The highest BCUT2D eigenvalue weighted by molar-refractivity contribution is 5.71. The third-order valence-electron chi connectivity index (χ3n) is 3.09. The lowest BCUT2D eigenvalue weighted by Gasteiger charge is -2.19. The minimum Gasteiger partial charge on any atom is -0.465 e. The predicted octanol–water partition coefficient (Wildman–Crippen LogP) is 2.62. The zero-order chi connectivity index (χ0) is 10.1. The molecule has 0 aromatic heterocycles. The number of carbonyl (C=O) groups excluding carboxylic acids is 1. The standard InChI is InChI=1S/C11H20O2/c1-8(2)10(12)13-7-11(5-6-11)9(3)4/h8-9H,5-7H2,1-4H3. The van der Waals surface area contributed by atoms with E-state index in [4.69, 9.17) is 4.74 Å². The van der Waals surface area contributed by atoms with E-state index >= 15 is 0 Å². The summed E-state index contributed by atoms with van der Waals surface area (Å²) in [6.45, 7) is 8.78. The van der Waals surface area contributed by atoms with Gasteiger partial charge in [0.1, 0.15) is 0 Å². The average molecular weight is 184 g/mol. The Hall–Kier alpha value is -0.530. The van der Waals surface area contributed by atoms with E-state index in [0.29, 0.717) is 17.9 Å². The highest BCUT2D eigenvalue weighted by Crippen LogP contribution is 2.51. The van der Waals surface area contributed by atoms with E-state index < -0.39 is 0 Å². The van der Waals surface area contributed by atoms with Crippen molar-refractivity contribution in [1.82, 2.24) is 0 Å². The fraction of sp³-hybridized carbons (Fsp3) is 0.909. The first-order valence-electron chi connectivity index (χ1n) is 5.14. The molecule has 0 heterocycles. The van der Waals surface area contributed by atoms with Crippen LogP contribution in [0, 0.1) is 17.3 Å². The summed E-state index contributed by atoms with van der Waals surface area (Å²) in [4.78, 5) is 11.2. The molecule has 0 amide bonds. The quantitative estimate of drug-likeness (QED) is 0.628. The molecule has 0 saturated heterocycles. The number of hydrogen-bond acceptors (Lipinski definition) is 2. The second kappa shape index (κ2) is 3.69. The fourth-order valence-electron chi connectivity index (χ4n) is 1.43. The molecule has 1 aliphatic rings. The Morgan fingerprint density at radius 2 is 1.85 bits per heavy atom. The van der Waals surface area contributed by atoms with Crippen LogP contribution in [0.25, 0.3) is 0 Å². The summed E-state index contributed by atoms with van der Waals surface area (Å²) in [6, 6.07) is 0. The molecule has 1 fully saturated rings. The third kappa shape index (κ3) is 2.45. The fourth-order valence-corrected chi connectivity index (χ4v) is 1.43. The Bertz CT molecular complexity index is 190. The summed E-state index contributed by atoms with van der Waals surface area (Å²) in [7, 11) is 0. The Labute approximate surface area is 80.7 Å². The van der Waals surface area contributed by atoms with Crippen LogP contribution in [0.2, 0.25) is 0 Å². The van der Waals surface area contributed by atoms with Crippen molar-refractivity contribution in [3.05, 3.63) is 0 Å². The van der Waals surface area contributed by atoms with Gasteiger partial charge in [-0.05, 0) is 18.8 Å². The van der Waals surface area contributed by atoms with Crippen molar-refractivity contribution in [2.24, 2.45) is 17.3 Å². The van der Waals surface area contributed by atoms with E-state index in [1.807, 2.05) is 13.8 Å². The summed E-state index contributed by atoms with van der Waals surface area (Å²) >= 11 is 0. The largest absolute Gasteiger partial charge is 0.465 e. The van der Waals surface area contributed by atoms with Crippen LogP contribution in [0.4, 0.5) is 0 Å². The Kier molecular flexibility index (Phi) is 2.99. The third-order valence-corrected chi connectivity index (χ3v) is 3.09. The van der Waals surface area contributed by atoms with E-state index in [1.165, 1.54) is 12.8 Å². The number of esters is 1. The lowest BCUT2D eigenvalue weighted by atomic mass is 9.93. The van der Waals surface area contributed by atoms with Crippen molar-refractivity contribution in [2.45, 2.75) is 40.5 Å². The molecule has 0 bridgehead atoms. The van der Waals surface area contributed by atoms with Crippen LogP contribution in [0.15, 0.2) is 0 Å². The van der Waals surface area contributed by atoms with Gasteiger partial charge in [-0.2, -0.15) is 0 Å². The summed E-state index contributed by atoms with van der Waals surface area (Å²) in [6.07, 6.45) is 2.44. The van der Waals surface area contributed by atoms with Crippen LogP contribution in [-0.4, -0.2) is 12.6 Å². The molecule has 0 radical (unpaired) electrons. The molecule has 1 aliphatic carbocycles. The van der Waals surface area contributed by atoms with Crippen LogP contribution in [-0.2, 0) is 9.53 Å². The van der Waals surface area contributed by atoms with Crippen LogP contribution < -0.4 is 0 Å². The molecule has 0 aliphatic heterocycles. The van der Waals surface area contributed by atoms with Gasteiger partial charge in [0.2, 0.25) is 0 Å². The van der Waals surface area contributed by atoms with E-state index in [9.17, 15) is 4.79 Å². The normalized spacial score (nSPS) is 19.2. The Morgan fingerprint density at radius 1 is 1.31 bits per heavy atom. The lowest BCUT2D eigenvalue weighted by Crippen LogP contribution is -2.22. The summed E-state index contributed by atoms with van der Waals surface area (Å²) in [5, 5.41) is 0. The second-order valence-electron chi connectivity index (χ2n) is 4.78. The molecule has 0 aromatic rings. The van der Waals surface area contributed by atoms with Gasteiger partial charge < -0.3 is 4.74 Å². The smallest absolute Gasteiger partial charge is 0.308 e. The van der Waals surface area contributed by atoms with E-state index in [2.05, 4.69) is 13.8 Å². The van der Waals surface area contributed by atoms with Gasteiger partial charge in [-0.3, -0.25) is 4.79 Å². The van der Waals surface area contributed by atoms with Gasteiger partial charge in [0.25, 0.3) is 0 Å². The molecule has 2 heteroatoms. The minimum absolute atomic E-state index is 0.00274. The summed E-state index contributed by atoms with van der Waals surface area (Å²) < 4.78 is 5.25. The molecular formula is C11H20O2. The van der Waals surface area contributed by atoms with Gasteiger partial charge in [-0.25, -0.2) is 0 Å². The summed E-state index contributed by atoms with van der Waals surface area (Å²) in [5.41, 5.74) is 0.324. The molecule has 0 unspecified atom stereocenters. The number of carbonyl (C=O) groups is 1. The highest BCUT2D eigenvalue weighted by Gasteiger charge is 2.46. The van der Waals surface area contributed by atoms with Gasteiger partial charge in [0.15, 0.2) is 0 Å². The molecule has 76 valence electrons. The van der Waals surface area contributed by atoms with Crippen molar-refractivity contribution in [1.29, 1.82) is 0 Å². The molecule has 0 atom stereocenters. The maximum atomic E-state index is 11.2. The maximum Gasteiger partial charge on any atom is 0.308 e. The van der Waals surface area contributed by atoms with E-state index in [0.717, 1.165) is 0 Å². The SMILES string of the molecule is CC(C)C(=O)OCC1(C(C)C)CC1. The van der Waals surface area contributed by atoms with Gasteiger partial charge in [-0.15, -0.1) is 0 Å². The number of ether oxygens (including phenoxy) is 1. The average Bonchev–Trinajstić information content (AvgIpc) is 2.80. The number of hydrogen-bond donors (Lipinski definition) is 0. The molecule has 0 N–H and O–H groups in total. The first-order valence-corrected chi connectivity index (χ1v) is 5.14. The van der Waals surface area contributed by atoms with Crippen LogP contribution in [0.5, 0.6) is 0 Å². The van der Waals surface area contributed by atoms with Crippen molar-refractivity contribution < 1.29 is 9.53 Å². The van der Waals surface area contributed by atoms with Crippen molar-refractivity contribution in [3.8, 4) is 0 Å². The maximum absolute atomic E-state index is 11.2. The van der Waals surface area contributed by atoms with E-state index in [1.54, 1.807) is 0 Å². The molecule has 13 heavy (non-hydrogen) atoms. The molecule has 1 rings (SSSR count). The second-order valence-corrected chi connectivity index (χ2v) is 4.78. The minimum atomic E-state index is -0.0630. The first kappa shape index (κ1) is 10.6. The van der Waals surface area contributed by atoms with Crippen molar-refractivity contribution in [2.75, 3.05) is 6.61 Å². The molecule has 0 spiro atoms.